The Balaban J connectivity index is 1.08. The van der Waals surface area contributed by atoms with Crippen LogP contribution in [-0.2, 0) is 0 Å². The van der Waals surface area contributed by atoms with Gasteiger partial charge in [-0.2, -0.15) is 0 Å². The minimum Gasteiger partial charge on any atom is -0.309 e. The number of aromatic nitrogens is 4. The lowest BCUT2D eigenvalue weighted by molar-refractivity contribution is 1.08. The van der Waals surface area contributed by atoms with Gasteiger partial charge in [-0.15, -0.1) is 0 Å². The van der Waals surface area contributed by atoms with E-state index in [-0.39, 0.29) is 0 Å². The summed E-state index contributed by atoms with van der Waals surface area (Å²) in [5.74, 6) is 1.91. The normalized spacial score (nSPS) is 11.5. The molecular formula is C53H34N4. The lowest BCUT2D eigenvalue weighted by Crippen LogP contribution is -2.02. The fraction of sp³-hybridized carbons (Fsp3) is 0. The average molecular weight is 727 g/mol. The van der Waals surface area contributed by atoms with Crippen LogP contribution in [0.5, 0.6) is 0 Å². The van der Waals surface area contributed by atoms with E-state index in [1.165, 1.54) is 38.4 Å². The molecule has 0 fully saturated rings. The summed E-state index contributed by atoms with van der Waals surface area (Å²) in [5.41, 5.74) is 11.1. The summed E-state index contributed by atoms with van der Waals surface area (Å²) in [7, 11) is 0. The maximum atomic E-state index is 5.22. The van der Waals surface area contributed by atoms with Gasteiger partial charge in [-0.05, 0) is 80.9 Å². The van der Waals surface area contributed by atoms with Crippen LogP contribution < -0.4 is 0 Å². The highest BCUT2D eigenvalue weighted by Gasteiger charge is 2.19. The van der Waals surface area contributed by atoms with Gasteiger partial charge in [-0.1, -0.05) is 164 Å². The molecule has 4 nitrogen and oxygen atoms in total. The molecule has 0 aliphatic heterocycles. The van der Waals surface area contributed by atoms with Crippen LogP contribution in [0.3, 0.4) is 0 Å². The summed E-state index contributed by atoms with van der Waals surface area (Å²) < 4.78 is 2.40. The van der Waals surface area contributed by atoms with Crippen molar-refractivity contribution >= 4 is 43.4 Å². The molecule has 0 atom stereocenters. The smallest absolute Gasteiger partial charge is 0.164 e. The number of nitrogens with zero attached hydrogens (tertiary/aromatic N) is 4. The molecule has 11 rings (SSSR count). The molecule has 57 heavy (non-hydrogen) atoms. The lowest BCUT2D eigenvalue weighted by atomic mass is 9.99. The first-order chi connectivity index (χ1) is 28.2. The van der Waals surface area contributed by atoms with E-state index < -0.39 is 0 Å². The highest BCUT2D eigenvalue weighted by Crippen LogP contribution is 2.39. The Morgan fingerprint density at radius 1 is 0.281 bits per heavy atom. The minimum atomic E-state index is 0.635. The van der Waals surface area contributed by atoms with E-state index in [1.807, 2.05) is 24.3 Å². The molecule has 0 radical (unpaired) electrons. The first-order valence-corrected chi connectivity index (χ1v) is 19.3. The van der Waals surface area contributed by atoms with Crippen LogP contribution in [0.25, 0.3) is 105 Å². The van der Waals surface area contributed by atoms with Gasteiger partial charge >= 0.3 is 0 Å². The molecule has 0 amide bonds. The zero-order chi connectivity index (χ0) is 37.7. The summed E-state index contributed by atoms with van der Waals surface area (Å²) in [6.07, 6.45) is 0. The van der Waals surface area contributed by atoms with Crippen molar-refractivity contribution < 1.29 is 0 Å². The molecule has 0 bridgehead atoms. The molecule has 0 saturated carbocycles. The molecule has 4 heteroatoms. The zero-order valence-electron chi connectivity index (χ0n) is 30.9. The SMILES string of the molecule is c1ccc(-c2ccc3cc(-c4nc(-c5ccccc5)nc(-c5ccc(-n6c7ccccc7c7cc(-c8ccccc8)ccc76)c6ccccc56)n4)ccc3c2)cc1. The molecule has 0 unspecified atom stereocenters. The van der Waals surface area contributed by atoms with Gasteiger partial charge in [0.2, 0.25) is 0 Å². The summed E-state index contributed by atoms with van der Waals surface area (Å²) in [6.45, 7) is 0. The number of rotatable bonds is 6. The molecule has 266 valence electrons. The number of benzene rings is 9. The van der Waals surface area contributed by atoms with Crippen molar-refractivity contribution in [1.82, 2.24) is 19.5 Å². The molecule has 0 N–H and O–H groups in total. The largest absolute Gasteiger partial charge is 0.309 e. The fourth-order valence-electron chi connectivity index (χ4n) is 8.25. The van der Waals surface area contributed by atoms with Crippen LogP contribution in [0.4, 0.5) is 0 Å². The van der Waals surface area contributed by atoms with Crippen LogP contribution in [0.15, 0.2) is 206 Å². The van der Waals surface area contributed by atoms with E-state index >= 15 is 0 Å². The number of fused-ring (bicyclic) bond motifs is 5. The van der Waals surface area contributed by atoms with E-state index in [0.717, 1.165) is 49.6 Å². The monoisotopic (exact) mass is 726 g/mol. The third kappa shape index (κ3) is 5.74. The highest BCUT2D eigenvalue weighted by molar-refractivity contribution is 6.12. The third-order valence-corrected chi connectivity index (χ3v) is 11.0. The molecule has 9 aromatic carbocycles. The third-order valence-electron chi connectivity index (χ3n) is 11.0. The van der Waals surface area contributed by atoms with Crippen LogP contribution in [0, 0.1) is 0 Å². The summed E-state index contributed by atoms with van der Waals surface area (Å²) >= 11 is 0. The topological polar surface area (TPSA) is 43.6 Å². The molecule has 2 aromatic heterocycles. The second-order valence-corrected chi connectivity index (χ2v) is 14.4. The number of para-hydroxylation sites is 1. The number of hydrogen-bond acceptors (Lipinski definition) is 3. The van der Waals surface area contributed by atoms with Crippen molar-refractivity contribution in [2.45, 2.75) is 0 Å². The van der Waals surface area contributed by atoms with Crippen LogP contribution >= 0.6 is 0 Å². The second kappa shape index (κ2) is 13.6. The van der Waals surface area contributed by atoms with E-state index in [2.05, 4.69) is 187 Å². The standard InChI is InChI=1S/C53H34N4/c1-4-14-35(15-5-1)38-24-25-40-33-42(27-26-39(40)32-38)52-54-51(37-18-8-3-9-19-37)55-53(56-52)46-29-31-49(44-21-11-10-20-43(44)46)57-48-23-13-12-22-45(48)47-34-41(28-30-50(47)57)36-16-6-2-7-17-36/h1-34H. The molecular weight excluding hydrogens is 693 g/mol. The quantitative estimate of drug-likeness (QED) is 0.171. The Kier molecular flexibility index (Phi) is 7.78. The second-order valence-electron chi connectivity index (χ2n) is 14.4. The maximum absolute atomic E-state index is 5.22. The summed E-state index contributed by atoms with van der Waals surface area (Å²) in [4.78, 5) is 15.5. The molecule has 2 heterocycles. The van der Waals surface area contributed by atoms with Crippen molar-refractivity contribution in [2.75, 3.05) is 0 Å². The predicted molar refractivity (Wildman–Crippen MR) is 236 cm³/mol. The van der Waals surface area contributed by atoms with Gasteiger partial charge in [0.05, 0.1) is 16.7 Å². The van der Waals surface area contributed by atoms with Crippen LogP contribution in [0.1, 0.15) is 0 Å². The summed E-state index contributed by atoms with van der Waals surface area (Å²) in [6, 6.07) is 72.9. The molecule has 0 saturated heterocycles. The van der Waals surface area contributed by atoms with Crippen molar-refractivity contribution in [2.24, 2.45) is 0 Å². The predicted octanol–water partition coefficient (Wildman–Crippen LogP) is 13.6. The van der Waals surface area contributed by atoms with Crippen molar-refractivity contribution in [3.8, 4) is 62.1 Å². The van der Waals surface area contributed by atoms with E-state index in [1.54, 1.807) is 0 Å². The maximum Gasteiger partial charge on any atom is 0.164 e. The van der Waals surface area contributed by atoms with Gasteiger partial charge in [0.1, 0.15) is 0 Å². The van der Waals surface area contributed by atoms with Gasteiger partial charge in [0.25, 0.3) is 0 Å². The Hall–Kier alpha value is -7.69. The van der Waals surface area contributed by atoms with Crippen LogP contribution in [0.2, 0.25) is 0 Å². The fourth-order valence-corrected chi connectivity index (χ4v) is 8.25. The molecule has 0 spiro atoms. The highest BCUT2D eigenvalue weighted by atomic mass is 15.0. The average Bonchev–Trinajstić information content (AvgIpc) is 3.62. The Morgan fingerprint density at radius 3 is 1.47 bits per heavy atom. The van der Waals surface area contributed by atoms with Gasteiger partial charge in [0, 0.05) is 32.8 Å². The minimum absolute atomic E-state index is 0.635. The Labute approximate surface area is 330 Å². The molecule has 11 aromatic rings. The summed E-state index contributed by atoms with van der Waals surface area (Å²) in [5, 5.41) is 6.94. The van der Waals surface area contributed by atoms with E-state index in [0.29, 0.717) is 17.5 Å². The Morgan fingerprint density at radius 2 is 0.772 bits per heavy atom. The van der Waals surface area contributed by atoms with Crippen molar-refractivity contribution in [3.05, 3.63) is 206 Å². The van der Waals surface area contributed by atoms with Gasteiger partial charge < -0.3 is 4.57 Å². The lowest BCUT2D eigenvalue weighted by Gasteiger charge is -2.15. The van der Waals surface area contributed by atoms with Gasteiger partial charge in [-0.25, -0.2) is 15.0 Å². The van der Waals surface area contributed by atoms with Crippen LogP contribution in [-0.4, -0.2) is 19.5 Å². The van der Waals surface area contributed by atoms with E-state index in [4.69, 9.17) is 15.0 Å². The van der Waals surface area contributed by atoms with E-state index in [9.17, 15) is 0 Å². The number of hydrogen-bond donors (Lipinski definition) is 0. The van der Waals surface area contributed by atoms with Gasteiger partial charge in [0.15, 0.2) is 17.5 Å². The van der Waals surface area contributed by atoms with Crippen molar-refractivity contribution in [1.29, 1.82) is 0 Å². The van der Waals surface area contributed by atoms with Gasteiger partial charge in [-0.3, -0.25) is 0 Å². The zero-order valence-corrected chi connectivity index (χ0v) is 30.9. The first-order valence-electron chi connectivity index (χ1n) is 19.3. The van der Waals surface area contributed by atoms with Crippen molar-refractivity contribution in [3.63, 3.8) is 0 Å². The first kappa shape index (κ1) is 32.7. The molecule has 0 aliphatic carbocycles. The Bertz CT molecular complexity index is 3280. The molecule has 0 aliphatic rings.